The van der Waals surface area contributed by atoms with Gasteiger partial charge in [-0.3, -0.25) is 9.59 Å². The van der Waals surface area contributed by atoms with E-state index in [1.165, 1.54) is 6.07 Å². The molecule has 5 heteroatoms. The molecule has 0 atom stereocenters. The maximum Gasteiger partial charge on any atom is 0.311 e. The molecule has 0 aliphatic carbocycles. The summed E-state index contributed by atoms with van der Waals surface area (Å²) in [6, 6.07) is 6.05. The summed E-state index contributed by atoms with van der Waals surface area (Å²) in [5.41, 5.74) is -0.649. The number of rotatable bonds is 7. The van der Waals surface area contributed by atoms with Crippen LogP contribution in [0, 0.1) is 11.2 Å². The molecule has 1 amide bonds. The molecule has 2 N–H and O–H groups in total. The molecule has 0 fully saturated rings. The predicted octanol–water partition coefficient (Wildman–Crippen LogP) is 2.38. The van der Waals surface area contributed by atoms with Crippen molar-refractivity contribution in [2.45, 2.75) is 33.1 Å². The third kappa shape index (κ3) is 3.79. The first-order valence-electron chi connectivity index (χ1n) is 6.68. The van der Waals surface area contributed by atoms with Gasteiger partial charge in [0.15, 0.2) is 0 Å². The standard InChI is InChI=1S/C15H20FNO3/c1-3-15(4-2,14(19)20)10-17-13(18)9-11-7-5-6-8-12(11)16/h5-8H,3-4,9-10H2,1-2H3,(H,17,18)(H,19,20). The molecule has 0 radical (unpaired) electrons. The zero-order chi connectivity index (χ0) is 15.2. The molecule has 0 bridgehead atoms. The molecule has 0 aromatic heterocycles. The lowest BCUT2D eigenvalue weighted by molar-refractivity contribution is -0.149. The Morgan fingerprint density at radius 1 is 1.25 bits per heavy atom. The summed E-state index contributed by atoms with van der Waals surface area (Å²) in [4.78, 5) is 23.1. The SMILES string of the molecule is CCC(CC)(CNC(=O)Cc1ccccc1F)C(=O)O. The smallest absolute Gasteiger partial charge is 0.311 e. The van der Waals surface area contributed by atoms with Crippen LogP contribution in [-0.2, 0) is 16.0 Å². The van der Waals surface area contributed by atoms with E-state index in [1.807, 2.05) is 0 Å². The van der Waals surface area contributed by atoms with E-state index >= 15 is 0 Å². The molecule has 0 aliphatic heterocycles. The minimum Gasteiger partial charge on any atom is -0.481 e. The van der Waals surface area contributed by atoms with Gasteiger partial charge >= 0.3 is 5.97 Å². The number of halogens is 1. The first kappa shape index (κ1) is 16.1. The van der Waals surface area contributed by atoms with Crippen LogP contribution in [0.4, 0.5) is 4.39 Å². The summed E-state index contributed by atoms with van der Waals surface area (Å²) in [7, 11) is 0. The van der Waals surface area contributed by atoms with E-state index in [4.69, 9.17) is 0 Å². The third-order valence-corrected chi connectivity index (χ3v) is 3.74. The second-order valence-electron chi connectivity index (χ2n) is 4.84. The molecule has 0 heterocycles. The normalized spacial score (nSPS) is 11.2. The minimum atomic E-state index is -0.953. The number of carbonyl (C=O) groups excluding carboxylic acids is 1. The van der Waals surface area contributed by atoms with E-state index in [9.17, 15) is 19.1 Å². The highest BCUT2D eigenvalue weighted by Gasteiger charge is 2.35. The first-order valence-corrected chi connectivity index (χ1v) is 6.68. The number of benzene rings is 1. The highest BCUT2D eigenvalue weighted by Crippen LogP contribution is 2.25. The largest absolute Gasteiger partial charge is 0.481 e. The van der Waals surface area contributed by atoms with E-state index in [0.717, 1.165) is 0 Å². The Balaban J connectivity index is 2.63. The summed E-state index contributed by atoms with van der Waals surface area (Å²) in [6.45, 7) is 3.61. The van der Waals surface area contributed by atoms with Gasteiger partial charge < -0.3 is 10.4 Å². The van der Waals surface area contributed by atoms with Crippen LogP contribution in [0.3, 0.4) is 0 Å². The van der Waals surface area contributed by atoms with Crippen molar-refractivity contribution in [3.05, 3.63) is 35.6 Å². The van der Waals surface area contributed by atoms with Gasteiger partial charge in [-0.05, 0) is 24.5 Å². The average molecular weight is 281 g/mol. The minimum absolute atomic E-state index is 0.0582. The van der Waals surface area contributed by atoms with Crippen LogP contribution in [0.1, 0.15) is 32.3 Å². The predicted molar refractivity (Wildman–Crippen MR) is 73.8 cm³/mol. The Bertz CT molecular complexity index is 484. The quantitative estimate of drug-likeness (QED) is 0.806. The summed E-state index contributed by atoms with van der Waals surface area (Å²) < 4.78 is 13.4. The molecule has 0 saturated heterocycles. The molecule has 20 heavy (non-hydrogen) atoms. The fourth-order valence-electron chi connectivity index (χ4n) is 2.02. The Labute approximate surface area is 118 Å². The lowest BCUT2D eigenvalue weighted by Crippen LogP contribution is -2.42. The monoisotopic (exact) mass is 281 g/mol. The van der Waals surface area contributed by atoms with Crippen LogP contribution in [0.5, 0.6) is 0 Å². The summed E-state index contributed by atoms with van der Waals surface area (Å²) in [5, 5.41) is 11.9. The molecule has 4 nitrogen and oxygen atoms in total. The summed E-state index contributed by atoms with van der Waals surface area (Å²) in [6.07, 6.45) is 0.771. The maximum absolute atomic E-state index is 13.4. The number of carboxylic acid groups (broad SMARTS) is 1. The molecule has 0 saturated carbocycles. The molecule has 110 valence electrons. The number of amides is 1. The second kappa shape index (κ2) is 7.03. The number of hydrogen-bond acceptors (Lipinski definition) is 2. The molecule has 0 spiro atoms. The van der Waals surface area contributed by atoms with Crippen LogP contribution in [0.2, 0.25) is 0 Å². The Morgan fingerprint density at radius 2 is 1.85 bits per heavy atom. The van der Waals surface area contributed by atoms with Crippen molar-refractivity contribution in [1.82, 2.24) is 5.32 Å². The number of carbonyl (C=O) groups is 2. The van der Waals surface area contributed by atoms with Crippen molar-refractivity contribution in [1.29, 1.82) is 0 Å². The Kier molecular flexibility index (Phi) is 5.67. The molecule has 0 aliphatic rings. The van der Waals surface area contributed by atoms with E-state index in [2.05, 4.69) is 5.32 Å². The number of aliphatic carboxylic acids is 1. The topological polar surface area (TPSA) is 66.4 Å². The molecule has 0 unspecified atom stereocenters. The third-order valence-electron chi connectivity index (χ3n) is 3.74. The zero-order valence-corrected chi connectivity index (χ0v) is 11.8. The van der Waals surface area contributed by atoms with E-state index < -0.39 is 17.2 Å². The van der Waals surface area contributed by atoms with Crippen molar-refractivity contribution < 1.29 is 19.1 Å². The molecule has 1 rings (SSSR count). The lowest BCUT2D eigenvalue weighted by Gasteiger charge is -2.26. The van der Waals surface area contributed by atoms with Gasteiger partial charge in [0, 0.05) is 6.54 Å². The number of nitrogens with one attached hydrogen (secondary N) is 1. The van der Waals surface area contributed by atoms with Crippen molar-refractivity contribution in [2.24, 2.45) is 5.41 Å². The molecule has 1 aromatic rings. The van der Waals surface area contributed by atoms with Gasteiger partial charge in [-0.1, -0.05) is 32.0 Å². The lowest BCUT2D eigenvalue weighted by atomic mass is 9.82. The Morgan fingerprint density at radius 3 is 2.35 bits per heavy atom. The number of hydrogen-bond donors (Lipinski definition) is 2. The van der Waals surface area contributed by atoms with Gasteiger partial charge in [0.2, 0.25) is 5.91 Å². The highest BCUT2D eigenvalue weighted by molar-refractivity contribution is 5.80. The van der Waals surface area contributed by atoms with Crippen molar-refractivity contribution in [3.63, 3.8) is 0 Å². The van der Waals surface area contributed by atoms with Crippen molar-refractivity contribution in [3.8, 4) is 0 Å². The average Bonchev–Trinajstić information content (AvgIpc) is 2.43. The molecule has 1 aromatic carbocycles. The fraction of sp³-hybridized carbons (Fsp3) is 0.467. The molecular weight excluding hydrogens is 261 g/mol. The van der Waals surface area contributed by atoms with Crippen LogP contribution < -0.4 is 5.32 Å². The second-order valence-corrected chi connectivity index (χ2v) is 4.84. The highest BCUT2D eigenvalue weighted by atomic mass is 19.1. The van der Waals surface area contributed by atoms with E-state index in [1.54, 1.807) is 32.0 Å². The van der Waals surface area contributed by atoms with Gasteiger partial charge in [0.25, 0.3) is 0 Å². The van der Waals surface area contributed by atoms with Crippen LogP contribution in [-0.4, -0.2) is 23.5 Å². The van der Waals surface area contributed by atoms with Crippen LogP contribution >= 0.6 is 0 Å². The van der Waals surface area contributed by atoms with E-state index in [-0.39, 0.29) is 18.9 Å². The maximum atomic E-state index is 13.4. The van der Waals surface area contributed by atoms with E-state index in [0.29, 0.717) is 18.4 Å². The van der Waals surface area contributed by atoms with Crippen LogP contribution in [0.15, 0.2) is 24.3 Å². The Hall–Kier alpha value is -1.91. The number of carboxylic acids is 1. The van der Waals surface area contributed by atoms with Crippen molar-refractivity contribution >= 4 is 11.9 Å². The first-order chi connectivity index (χ1) is 9.45. The van der Waals surface area contributed by atoms with Gasteiger partial charge in [-0.2, -0.15) is 0 Å². The van der Waals surface area contributed by atoms with Crippen LogP contribution in [0.25, 0.3) is 0 Å². The zero-order valence-electron chi connectivity index (χ0n) is 11.8. The fourth-order valence-corrected chi connectivity index (χ4v) is 2.02. The summed E-state index contributed by atoms with van der Waals surface area (Å²) in [5.74, 6) is -1.73. The van der Waals surface area contributed by atoms with Crippen molar-refractivity contribution in [2.75, 3.05) is 6.54 Å². The van der Waals surface area contributed by atoms with Gasteiger partial charge in [-0.15, -0.1) is 0 Å². The summed E-state index contributed by atoms with van der Waals surface area (Å²) >= 11 is 0. The van der Waals surface area contributed by atoms with Gasteiger partial charge in [0.05, 0.1) is 11.8 Å². The van der Waals surface area contributed by atoms with Gasteiger partial charge in [0.1, 0.15) is 5.82 Å². The van der Waals surface area contributed by atoms with Gasteiger partial charge in [-0.25, -0.2) is 4.39 Å². The molecular formula is C15H20FNO3.